The third kappa shape index (κ3) is 22.3. The smallest absolute Gasteiger partial charge is 1.00 e. The van der Waals surface area contributed by atoms with Gasteiger partial charge in [0.2, 0.25) is 0 Å². The summed E-state index contributed by atoms with van der Waals surface area (Å²) < 4.78 is 16.8. The number of phenolic OH excluding ortho intramolecular Hbond substituents is 1. The molecule has 4 rings (SSSR count). The van der Waals surface area contributed by atoms with Gasteiger partial charge in [-0.1, -0.05) is 81.4 Å². The molecule has 0 spiro atoms. The summed E-state index contributed by atoms with van der Waals surface area (Å²) in [6, 6.07) is 28.5. The number of carbonyl (C=O) groups excluding carboxylic acids is 5. The summed E-state index contributed by atoms with van der Waals surface area (Å²) in [5.74, 6) is 2.07. The van der Waals surface area contributed by atoms with Crippen LogP contribution in [-0.4, -0.2) is 56.5 Å². The predicted molar refractivity (Wildman–Crippen MR) is 202 cm³/mol. The number of aromatic hydroxyl groups is 1. The Kier molecular flexibility index (Phi) is 34.7. The summed E-state index contributed by atoms with van der Waals surface area (Å²) in [7, 11) is 0. The van der Waals surface area contributed by atoms with Crippen molar-refractivity contribution in [3.63, 3.8) is 0 Å². The minimum atomic E-state index is -0.181. The number of hydrogen-bond acceptors (Lipinski definition) is 11. The molecule has 0 aliphatic carbocycles. The third-order valence-corrected chi connectivity index (χ3v) is 6.58. The molecular weight excluding hydrogens is 759 g/mol. The van der Waals surface area contributed by atoms with E-state index in [1.54, 1.807) is 42.5 Å². The van der Waals surface area contributed by atoms with Crippen molar-refractivity contribution in [1.29, 1.82) is 0 Å². The molecule has 0 amide bonds. The van der Waals surface area contributed by atoms with E-state index in [0.717, 1.165) is 36.7 Å². The first kappa shape index (κ1) is 54.0. The van der Waals surface area contributed by atoms with E-state index in [2.05, 4.69) is 4.89 Å². The van der Waals surface area contributed by atoms with Gasteiger partial charge in [0, 0.05) is 22.3 Å². The number of benzene rings is 4. The van der Waals surface area contributed by atoms with Crippen LogP contribution in [0.3, 0.4) is 0 Å². The van der Waals surface area contributed by atoms with Crippen molar-refractivity contribution in [3.8, 4) is 23.0 Å². The molecule has 0 aromatic heterocycles. The van der Waals surface area contributed by atoms with Gasteiger partial charge in [0.25, 0.3) is 6.47 Å². The average Bonchev–Trinajstić information content (AvgIpc) is 3.21. The van der Waals surface area contributed by atoms with E-state index in [1.807, 2.05) is 81.4 Å². The van der Waals surface area contributed by atoms with E-state index in [0.29, 0.717) is 67.1 Å². The standard InChI is InChI=1S/C24H26O4.C10H12O2.C7H6O2.CH2O3.2K.H/c1-3-13-27-23-11-7-5-9-19(23)15-21(17-25)22(18-26)16-20-10-6-8-12-24(20)28-14-4-2;1-2-7-12-10-6-4-3-5-9(10)8-11;8-5-6-3-1-2-4-7(6)9;2-1-4-3;;;/h5-12,15-18H,3-4,13-14H2,1-2H3;3-6,8H,2,7H2,1H3;1-5,9H;1,3H;;;/q;;;;2*+1;-1/p-1/b21-15+,22-16+;;;;;;. The minimum Gasteiger partial charge on any atom is -1.00 e. The van der Waals surface area contributed by atoms with E-state index >= 15 is 0 Å². The van der Waals surface area contributed by atoms with Crippen molar-refractivity contribution < 1.29 is 158 Å². The fraction of sp³-hybridized carbons (Fsp3) is 0.214. The average molecular weight is 805 g/mol. The molecule has 0 radical (unpaired) electrons. The van der Waals surface area contributed by atoms with Gasteiger partial charge in [-0.25, -0.2) is 0 Å². The van der Waals surface area contributed by atoms with Crippen molar-refractivity contribution in [3.05, 3.63) is 130 Å². The fourth-order valence-corrected chi connectivity index (χ4v) is 4.10. The first-order valence-electron chi connectivity index (χ1n) is 16.8. The van der Waals surface area contributed by atoms with Crippen molar-refractivity contribution in [1.82, 2.24) is 0 Å². The zero-order valence-electron chi connectivity index (χ0n) is 33.1. The van der Waals surface area contributed by atoms with Crippen LogP contribution in [0.15, 0.2) is 108 Å². The van der Waals surface area contributed by atoms with Gasteiger partial charge in [0.15, 0.2) is 25.1 Å². The first-order valence-corrected chi connectivity index (χ1v) is 16.8. The summed E-state index contributed by atoms with van der Waals surface area (Å²) in [6.45, 7) is 7.73. The van der Waals surface area contributed by atoms with Gasteiger partial charge in [-0.05, 0) is 67.8 Å². The van der Waals surface area contributed by atoms with Gasteiger partial charge < -0.3 is 30.9 Å². The Labute approximate surface area is 409 Å². The van der Waals surface area contributed by atoms with Crippen molar-refractivity contribution >= 4 is 43.8 Å². The van der Waals surface area contributed by atoms with Crippen molar-refractivity contribution in [2.45, 2.75) is 40.0 Å². The molecule has 4 aromatic rings. The summed E-state index contributed by atoms with van der Waals surface area (Å²) >= 11 is 0. The molecule has 0 atom stereocenters. The van der Waals surface area contributed by atoms with Gasteiger partial charge in [-0.2, -0.15) is 0 Å². The maximum Gasteiger partial charge on any atom is 1.00 e. The SMILES string of the molecule is CCCOc1ccccc1/C=C(C=O)/C(C=O)=C/c1ccccc1OCCC.CCCOc1ccccc1C=O.O=CO[O-].O=Cc1ccccc1O.[H-].[K+].[K+]. The Balaban J connectivity index is -0.000000826. The molecule has 0 fully saturated rings. The number of carbonyl (C=O) groups is 5. The third-order valence-electron chi connectivity index (χ3n) is 6.58. The Bertz CT molecular complexity index is 1690. The molecule has 0 bridgehead atoms. The molecule has 13 heteroatoms. The normalized spacial score (nSPS) is 9.89. The van der Waals surface area contributed by atoms with E-state index < -0.39 is 0 Å². The molecule has 55 heavy (non-hydrogen) atoms. The van der Waals surface area contributed by atoms with Crippen LogP contribution in [0.25, 0.3) is 12.2 Å². The quantitative estimate of drug-likeness (QED) is 0.0407. The second-order valence-electron chi connectivity index (χ2n) is 10.6. The summed E-state index contributed by atoms with van der Waals surface area (Å²) in [5, 5.41) is 17.3. The van der Waals surface area contributed by atoms with Crippen molar-refractivity contribution in [2.24, 2.45) is 0 Å². The molecular formula is C42H46K2O11. The number of phenols is 1. The van der Waals surface area contributed by atoms with Gasteiger partial charge in [-0.15, -0.1) is 0 Å². The van der Waals surface area contributed by atoms with Gasteiger partial charge in [0.05, 0.1) is 30.9 Å². The van der Waals surface area contributed by atoms with Gasteiger partial charge >= 0.3 is 103 Å². The van der Waals surface area contributed by atoms with E-state index in [1.165, 1.54) is 6.07 Å². The molecule has 0 saturated heterocycles. The number of hydrogen-bond donors (Lipinski definition) is 1. The molecule has 0 heterocycles. The monoisotopic (exact) mass is 804 g/mol. The maximum absolute atomic E-state index is 11.7. The Hall–Kier alpha value is -3.06. The maximum atomic E-state index is 11.7. The van der Waals surface area contributed by atoms with Crippen LogP contribution in [-0.2, 0) is 19.3 Å². The second kappa shape index (κ2) is 35.4. The number of para-hydroxylation sites is 4. The van der Waals surface area contributed by atoms with Crippen LogP contribution < -0.4 is 122 Å². The van der Waals surface area contributed by atoms with Crippen LogP contribution in [0.1, 0.15) is 73.3 Å². The molecule has 0 aliphatic rings. The van der Waals surface area contributed by atoms with Crippen LogP contribution in [0.5, 0.6) is 23.0 Å². The van der Waals surface area contributed by atoms with E-state index in [-0.39, 0.29) is 128 Å². The van der Waals surface area contributed by atoms with E-state index in [9.17, 15) is 19.2 Å². The minimum absolute atomic E-state index is 0. The fourth-order valence-electron chi connectivity index (χ4n) is 4.10. The molecule has 0 unspecified atom stereocenters. The molecule has 1 N–H and O–H groups in total. The van der Waals surface area contributed by atoms with Crippen LogP contribution in [0.4, 0.5) is 0 Å². The summed E-state index contributed by atoms with van der Waals surface area (Å²) in [6.07, 6.45) is 8.87. The van der Waals surface area contributed by atoms with Crippen LogP contribution in [0, 0.1) is 0 Å². The number of ether oxygens (including phenoxy) is 3. The summed E-state index contributed by atoms with van der Waals surface area (Å²) in [5.41, 5.74) is 3.02. The van der Waals surface area contributed by atoms with Crippen LogP contribution >= 0.6 is 0 Å². The summed E-state index contributed by atoms with van der Waals surface area (Å²) in [4.78, 5) is 55.3. The van der Waals surface area contributed by atoms with Gasteiger partial charge in [0.1, 0.15) is 23.0 Å². The molecule has 0 saturated carbocycles. The topological polar surface area (TPSA) is 166 Å². The second-order valence-corrected chi connectivity index (χ2v) is 10.6. The Morgan fingerprint density at radius 1 is 0.545 bits per heavy atom. The van der Waals surface area contributed by atoms with E-state index in [4.69, 9.17) is 29.4 Å². The number of rotatable bonds is 17. The molecule has 282 valence electrons. The van der Waals surface area contributed by atoms with Crippen LogP contribution in [0.2, 0.25) is 0 Å². The Morgan fingerprint density at radius 3 is 1.15 bits per heavy atom. The predicted octanol–water partition coefficient (Wildman–Crippen LogP) is 1.18. The Morgan fingerprint density at radius 2 is 0.855 bits per heavy atom. The van der Waals surface area contributed by atoms with Crippen molar-refractivity contribution in [2.75, 3.05) is 19.8 Å². The zero-order chi connectivity index (χ0) is 39.1. The molecule has 0 aliphatic heterocycles. The zero-order valence-corrected chi connectivity index (χ0v) is 38.3. The number of allylic oxidation sites excluding steroid dienone is 2. The number of aldehydes is 4. The largest absolute Gasteiger partial charge is 1.00 e. The first-order chi connectivity index (χ1) is 25.9. The van der Waals surface area contributed by atoms with Gasteiger partial charge in [-0.3, -0.25) is 24.0 Å². The molecule has 11 nitrogen and oxygen atoms in total. The molecule has 4 aromatic carbocycles.